The normalized spacial score (nSPS) is 22.3. The first-order valence-corrected chi connectivity index (χ1v) is 8.51. The number of para-hydroxylation sites is 1. The Morgan fingerprint density at radius 1 is 1.09 bits per heavy atom. The number of likely N-dealkylation sites (N-methyl/N-ethyl adjacent to an activating group) is 1. The van der Waals surface area contributed by atoms with Crippen molar-refractivity contribution in [2.75, 3.05) is 46.3 Å². The highest BCUT2D eigenvalue weighted by molar-refractivity contribution is 5.39. The molecule has 0 aromatic heterocycles. The van der Waals surface area contributed by atoms with Gasteiger partial charge in [0.2, 0.25) is 0 Å². The summed E-state index contributed by atoms with van der Waals surface area (Å²) < 4.78 is 0. The molecular formula is C17H26N4O2. The number of piperazine rings is 1. The van der Waals surface area contributed by atoms with E-state index in [-0.39, 0.29) is 10.6 Å². The Labute approximate surface area is 137 Å². The zero-order chi connectivity index (χ0) is 16.2. The minimum absolute atomic E-state index is 0.244. The molecule has 0 unspecified atom stereocenters. The van der Waals surface area contributed by atoms with Gasteiger partial charge in [-0.2, -0.15) is 0 Å². The van der Waals surface area contributed by atoms with Gasteiger partial charge in [0.25, 0.3) is 5.69 Å². The predicted octanol–water partition coefficient (Wildman–Crippen LogP) is 1.81. The van der Waals surface area contributed by atoms with Crippen LogP contribution in [0.4, 0.5) is 5.69 Å². The second-order valence-corrected chi connectivity index (χ2v) is 6.73. The molecule has 0 bridgehead atoms. The van der Waals surface area contributed by atoms with Crippen LogP contribution in [0.3, 0.4) is 0 Å². The van der Waals surface area contributed by atoms with Gasteiger partial charge in [-0.1, -0.05) is 18.2 Å². The molecule has 6 nitrogen and oxygen atoms in total. The topological polar surface area (TPSA) is 52.9 Å². The lowest BCUT2D eigenvalue weighted by atomic mass is 10.0. The van der Waals surface area contributed by atoms with Gasteiger partial charge in [0.15, 0.2) is 0 Å². The quantitative estimate of drug-likeness (QED) is 0.626. The molecule has 0 radical (unpaired) electrons. The third-order valence-corrected chi connectivity index (χ3v) is 5.19. The lowest BCUT2D eigenvalue weighted by molar-refractivity contribution is -0.385. The summed E-state index contributed by atoms with van der Waals surface area (Å²) in [5.74, 6) is 0. The van der Waals surface area contributed by atoms with E-state index in [4.69, 9.17) is 0 Å². The van der Waals surface area contributed by atoms with E-state index in [1.807, 2.05) is 12.1 Å². The molecule has 0 saturated carbocycles. The van der Waals surface area contributed by atoms with Crippen LogP contribution in [0.15, 0.2) is 24.3 Å². The Hall–Kier alpha value is -1.50. The number of likely N-dealkylation sites (tertiary alicyclic amines) is 1. The summed E-state index contributed by atoms with van der Waals surface area (Å²) in [4.78, 5) is 18.2. The lowest BCUT2D eigenvalue weighted by Gasteiger charge is -2.42. The zero-order valence-corrected chi connectivity index (χ0v) is 13.9. The summed E-state index contributed by atoms with van der Waals surface area (Å²) in [5.41, 5.74) is 1.07. The van der Waals surface area contributed by atoms with Crippen molar-refractivity contribution in [1.82, 2.24) is 14.7 Å². The Morgan fingerprint density at radius 2 is 1.74 bits per heavy atom. The standard InChI is InChI=1S/C17H26N4O2/c1-18-10-12-20(13-11-18)16-6-8-19(9-7-16)14-15-4-2-3-5-17(15)21(22)23/h2-5,16H,6-14H2,1H3. The van der Waals surface area contributed by atoms with Crippen molar-refractivity contribution in [2.45, 2.75) is 25.4 Å². The van der Waals surface area contributed by atoms with Gasteiger partial charge in [-0.3, -0.25) is 19.9 Å². The smallest absolute Gasteiger partial charge is 0.273 e. The van der Waals surface area contributed by atoms with Crippen molar-refractivity contribution >= 4 is 5.69 Å². The largest absolute Gasteiger partial charge is 0.304 e. The van der Waals surface area contributed by atoms with E-state index in [1.54, 1.807) is 12.1 Å². The molecule has 2 heterocycles. The van der Waals surface area contributed by atoms with E-state index in [1.165, 1.54) is 25.9 Å². The van der Waals surface area contributed by atoms with Crippen LogP contribution in [-0.2, 0) is 6.54 Å². The van der Waals surface area contributed by atoms with Crippen molar-refractivity contribution in [1.29, 1.82) is 0 Å². The van der Waals surface area contributed by atoms with Crippen LogP contribution in [0.2, 0.25) is 0 Å². The van der Waals surface area contributed by atoms with Gasteiger partial charge < -0.3 is 4.90 Å². The number of rotatable bonds is 4. The number of benzene rings is 1. The van der Waals surface area contributed by atoms with Crippen LogP contribution in [-0.4, -0.2) is 72.0 Å². The van der Waals surface area contributed by atoms with E-state index < -0.39 is 0 Å². The molecule has 2 aliphatic rings. The van der Waals surface area contributed by atoms with Crippen molar-refractivity contribution in [3.63, 3.8) is 0 Å². The average molecular weight is 318 g/mol. The third-order valence-electron chi connectivity index (χ3n) is 5.19. The molecular weight excluding hydrogens is 292 g/mol. The van der Waals surface area contributed by atoms with E-state index >= 15 is 0 Å². The predicted molar refractivity (Wildman–Crippen MR) is 90.5 cm³/mol. The summed E-state index contributed by atoms with van der Waals surface area (Å²) in [6, 6.07) is 7.79. The van der Waals surface area contributed by atoms with Crippen molar-refractivity contribution in [3.05, 3.63) is 39.9 Å². The fourth-order valence-corrected chi connectivity index (χ4v) is 3.69. The van der Waals surface area contributed by atoms with Gasteiger partial charge in [-0.05, 0) is 33.0 Å². The SMILES string of the molecule is CN1CCN(C2CCN(Cc3ccccc3[N+](=O)[O-])CC2)CC1. The van der Waals surface area contributed by atoms with E-state index in [0.717, 1.165) is 31.7 Å². The highest BCUT2D eigenvalue weighted by Crippen LogP contribution is 2.23. The molecule has 6 heteroatoms. The molecule has 0 atom stereocenters. The molecule has 2 fully saturated rings. The second kappa shape index (κ2) is 7.38. The summed E-state index contributed by atoms with van der Waals surface area (Å²) >= 11 is 0. The van der Waals surface area contributed by atoms with Crippen molar-refractivity contribution < 1.29 is 4.92 Å². The van der Waals surface area contributed by atoms with Crippen molar-refractivity contribution in [2.24, 2.45) is 0 Å². The molecule has 23 heavy (non-hydrogen) atoms. The summed E-state index contributed by atoms with van der Waals surface area (Å²) in [7, 11) is 2.19. The fraction of sp³-hybridized carbons (Fsp3) is 0.647. The molecule has 0 N–H and O–H groups in total. The Bertz CT molecular complexity index is 535. The molecule has 1 aromatic carbocycles. The first-order valence-electron chi connectivity index (χ1n) is 8.51. The number of hydrogen-bond donors (Lipinski definition) is 0. The van der Waals surface area contributed by atoms with E-state index in [2.05, 4.69) is 21.7 Å². The second-order valence-electron chi connectivity index (χ2n) is 6.73. The van der Waals surface area contributed by atoms with Gasteiger partial charge in [-0.25, -0.2) is 0 Å². The molecule has 0 amide bonds. The Kier molecular flexibility index (Phi) is 5.25. The first-order chi connectivity index (χ1) is 11.1. The third kappa shape index (κ3) is 4.07. The number of nitro benzene ring substituents is 1. The van der Waals surface area contributed by atoms with E-state index in [9.17, 15) is 10.1 Å². The highest BCUT2D eigenvalue weighted by Gasteiger charge is 2.27. The number of nitro groups is 1. The monoisotopic (exact) mass is 318 g/mol. The van der Waals surface area contributed by atoms with Crippen LogP contribution in [0.25, 0.3) is 0 Å². The van der Waals surface area contributed by atoms with Crippen LogP contribution in [0.1, 0.15) is 18.4 Å². The lowest BCUT2D eigenvalue weighted by Crippen LogP contribution is -2.52. The maximum atomic E-state index is 11.1. The maximum Gasteiger partial charge on any atom is 0.273 e. The van der Waals surface area contributed by atoms with Crippen LogP contribution in [0, 0.1) is 10.1 Å². The molecule has 0 aliphatic carbocycles. The van der Waals surface area contributed by atoms with Gasteiger partial charge >= 0.3 is 0 Å². The van der Waals surface area contributed by atoms with Gasteiger partial charge in [0, 0.05) is 50.4 Å². The molecule has 1 aromatic rings. The summed E-state index contributed by atoms with van der Waals surface area (Å²) in [6.45, 7) is 7.42. The molecule has 2 saturated heterocycles. The molecule has 0 spiro atoms. The van der Waals surface area contributed by atoms with Gasteiger partial charge in [-0.15, -0.1) is 0 Å². The highest BCUT2D eigenvalue weighted by atomic mass is 16.6. The molecule has 3 rings (SSSR count). The zero-order valence-electron chi connectivity index (χ0n) is 13.9. The number of nitrogens with zero attached hydrogens (tertiary/aromatic N) is 4. The van der Waals surface area contributed by atoms with Crippen LogP contribution < -0.4 is 0 Å². The van der Waals surface area contributed by atoms with Gasteiger partial charge in [0.1, 0.15) is 0 Å². The number of hydrogen-bond acceptors (Lipinski definition) is 5. The number of piperidine rings is 1. The average Bonchev–Trinajstić information content (AvgIpc) is 2.57. The Morgan fingerprint density at radius 3 is 2.39 bits per heavy atom. The maximum absolute atomic E-state index is 11.1. The summed E-state index contributed by atoms with van der Waals surface area (Å²) in [6.07, 6.45) is 2.34. The van der Waals surface area contributed by atoms with E-state index in [0.29, 0.717) is 12.6 Å². The van der Waals surface area contributed by atoms with Crippen molar-refractivity contribution in [3.8, 4) is 0 Å². The minimum atomic E-state index is -0.272. The fourth-order valence-electron chi connectivity index (χ4n) is 3.69. The minimum Gasteiger partial charge on any atom is -0.304 e. The molecule has 126 valence electrons. The Balaban J connectivity index is 1.53. The molecule has 2 aliphatic heterocycles. The van der Waals surface area contributed by atoms with Crippen LogP contribution in [0.5, 0.6) is 0 Å². The van der Waals surface area contributed by atoms with Gasteiger partial charge in [0.05, 0.1) is 4.92 Å². The first kappa shape index (κ1) is 16.4. The summed E-state index contributed by atoms with van der Waals surface area (Å²) in [5, 5.41) is 11.1. The van der Waals surface area contributed by atoms with Crippen LogP contribution >= 0.6 is 0 Å².